The van der Waals surface area contributed by atoms with E-state index in [1.165, 1.54) is 22.3 Å². The van der Waals surface area contributed by atoms with Crippen LogP contribution in [0.2, 0.25) is 0 Å². The zero-order valence-electron chi connectivity index (χ0n) is 14.6. The van der Waals surface area contributed by atoms with Crippen LogP contribution in [0.25, 0.3) is 11.1 Å². The summed E-state index contributed by atoms with van der Waals surface area (Å²) < 4.78 is 0. The Morgan fingerprint density at radius 1 is 0.400 bits per heavy atom. The molecule has 0 atom stereocenters. The Kier molecular flexibility index (Phi) is 14.4. The predicted octanol–water partition coefficient (Wildman–Crippen LogP) is 7.05. The number of benzene rings is 2. The van der Waals surface area contributed by atoms with Crippen molar-refractivity contribution in [1.29, 1.82) is 0 Å². The maximum absolute atomic E-state index is 2.17. The van der Waals surface area contributed by atoms with Gasteiger partial charge < -0.3 is 0 Å². The second-order valence-electron chi connectivity index (χ2n) is 3.73. The standard InChI is InChI=1S/C14H14.3C2H6/c1-11-3-7-13(8-4-11)14-9-5-12(2)6-10-14;3*1-2/h3-10H,1-2H3;3*1-2H3. The van der Waals surface area contributed by atoms with Gasteiger partial charge >= 0.3 is 0 Å². The lowest BCUT2D eigenvalue weighted by molar-refractivity contribution is 1.45. The monoisotopic (exact) mass is 272 g/mol. The molecule has 20 heavy (non-hydrogen) atoms. The molecule has 0 radical (unpaired) electrons. The first-order chi connectivity index (χ1) is 9.75. The predicted molar refractivity (Wildman–Crippen MR) is 95.4 cm³/mol. The molecule has 2 aromatic rings. The fourth-order valence-corrected chi connectivity index (χ4v) is 1.49. The molecule has 0 aromatic heterocycles. The van der Waals surface area contributed by atoms with Crippen LogP contribution >= 0.6 is 0 Å². The van der Waals surface area contributed by atoms with Gasteiger partial charge in [-0.05, 0) is 25.0 Å². The first-order valence-corrected chi connectivity index (χ1v) is 7.89. The molecule has 0 saturated heterocycles. The van der Waals surface area contributed by atoms with E-state index < -0.39 is 0 Å². The van der Waals surface area contributed by atoms with Crippen molar-refractivity contribution in [1.82, 2.24) is 0 Å². The number of hydrogen-bond donors (Lipinski definition) is 0. The second kappa shape index (κ2) is 13.9. The van der Waals surface area contributed by atoms with Crippen LogP contribution in [-0.4, -0.2) is 0 Å². The highest BCUT2D eigenvalue weighted by atomic mass is 14.0. The van der Waals surface area contributed by atoms with Gasteiger partial charge in [0, 0.05) is 0 Å². The summed E-state index contributed by atoms with van der Waals surface area (Å²) in [6.45, 7) is 16.2. The van der Waals surface area contributed by atoms with Crippen LogP contribution in [0.3, 0.4) is 0 Å². The maximum atomic E-state index is 2.17. The van der Waals surface area contributed by atoms with Gasteiger partial charge in [-0.1, -0.05) is 101 Å². The van der Waals surface area contributed by atoms with Gasteiger partial charge in [0.15, 0.2) is 0 Å². The molecule has 0 aliphatic heterocycles. The summed E-state index contributed by atoms with van der Waals surface area (Å²) in [7, 11) is 0. The third kappa shape index (κ3) is 7.78. The van der Waals surface area contributed by atoms with Gasteiger partial charge in [-0.3, -0.25) is 0 Å². The van der Waals surface area contributed by atoms with Gasteiger partial charge in [-0.25, -0.2) is 0 Å². The van der Waals surface area contributed by atoms with Crippen LogP contribution in [0.1, 0.15) is 52.7 Å². The van der Waals surface area contributed by atoms with Gasteiger partial charge in [0.2, 0.25) is 0 Å². The van der Waals surface area contributed by atoms with Crippen LogP contribution < -0.4 is 0 Å². The molecule has 0 N–H and O–H groups in total. The Labute approximate surface area is 126 Å². The highest BCUT2D eigenvalue weighted by molar-refractivity contribution is 5.63. The summed E-state index contributed by atoms with van der Waals surface area (Å²) in [6, 6.07) is 17.3. The van der Waals surface area contributed by atoms with Gasteiger partial charge in [-0.15, -0.1) is 0 Å². The SMILES string of the molecule is CC.CC.CC.Cc1ccc(-c2ccc(C)cc2)cc1. The van der Waals surface area contributed by atoms with E-state index in [2.05, 4.69) is 62.4 Å². The number of rotatable bonds is 1. The highest BCUT2D eigenvalue weighted by Gasteiger charge is 1.95. The fourth-order valence-electron chi connectivity index (χ4n) is 1.49. The Hall–Kier alpha value is -1.56. The van der Waals surface area contributed by atoms with Crippen molar-refractivity contribution in [2.75, 3.05) is 0 Å². The van der Waals surface area contributed by atoms with E-state index in [4.69, 9.17) is 0 Å². The molecule has 0 aliphatic rings. The third-order valence-corrected chi connectivity index (χ3v) is 2.44. The summed E-state index contributed by atoms with van der Waals surface area (Å²) in [5.74, 6) is 0. The minimum absolute atomic E-state index is 1.29. The Bertz CT molecular complexity index is 363. The molecule has 0 nitrogen and oxygen atoms in total. The van der Waals surface area contributed by atoms with E-state index in [-0.39, 0.29) is 0 Å². The van der Waals surface area contributed by atoms with Crippen molar-refractivity contribution in [3.63, 3.8) is 0 Å². The zero-order chi connectivity index (χ0) is 16.0. The minimum atomic E-state index is 1.29. The maximum Gasteiger partial charge on any atom is -0.0184 e. The molecule has 0 saturated carbocycles. The lowest BCUT2D eigenvalue weighted by Gasteiger charge is -2.02. The van der Waals surface area contributed by atoms with E-state index in [1.54, 1.807) is 0 Å². The fraction of sp³-hybridized carbons (Fsp3) is 0.400. The van der Waals surface area contributed by atoms with Crippen LogP contribution in [-0.2, 0) is 0 Å². The van der Waals surface area contributed by atoms with Crippen molar-refractivity contribution in [2.45, 2.75) is 55.4 Å². The molecule has 2 rings (SSSR count). The summed E-state index contributed by atoms with van der Waals surface area (Å²) in [4.78, 5) is 0. The van der Waals surface area contributed by atoms with Crippen molar-refractivity contribution in [2.24, 2.45) is 0 Å². The van der Waals surface area contributed by atoms with Crippen LogP contribution in [0.15, 0.2) is 48.5 Å². The topological polar surface area (TPSA) is 0 Å². The molecule has 0 heterocycles. The van der Waals surface area contributed by atoms with E-state index in [1.807, 2.05) is 41.5 Å². The van der Waals surface area contributed by atoms with Crippen molar-refractivity contribution >= 4 is 0 Å². The van der Waals surface area contributed by atoms with Crippen molar-refractivity contribution in [3.8, 4) is 11.1 Å². The minimum Gasteiger partial charge on any atom is -0.0683 e. The van der Waals surface area contributed by atoms with Crippen LogP contribution in [0.4, 0.5) is 0 Å². The summed E-state index contributed by atoms with van der Waals surface area (Å²) >= 11 is 0. The summed E-state index contributed by atoms with van der Waals surface area (Å²) in [6.07, 6.45) is 0. The van der Waals surface area contributed by atoms with Gasteiger partial charge in [0.1, 0.15) is 0 Å². The van der Waals surface area contributed by atoms with E-state index in [9.17, 15) is 0 Å². The second-order valence-corrected chi connectivity index (χ2v) is 3.73. The largest absolute Gasteiger partial charge is 0.0683 e. The molecule has 0 heteroatoms. The van der Waals surface area contributed by atoms with E-state index >= 15 is 0 Å². The molecular formula is C20H32. The van der Waals surface area contributed by atoms with Crippen LogP contribution in [0.5, 0.6) is 0 Å². The lowest BCUT2D eigenvalue weighted by Crippen LogP contribution is -1.78. The number of hydrogen-bond acceptors (Lipinski definition) is 0. The summed E-state index contributed by atoms with van der Waals surface area (Å²) in [5.41, 5.74) is 5.19. The normalized spacial score (nSPS) is 8.00. The van der Waals surface area contributed by atoms with Crippen molar-refractivity contribution in [3.05, 3.63) is 59.7 Å². The molecule has 0 unspecified atom stereocenters. The molecule has 0 amide bonds. The summed E-state index contributed by atoms with van der Waals surface area (Å²) in [5, 5.41) is 0. The molecule has 0 spiro atoms. The molecule has 112 valence electrons. The quantitative estimate of drug-likeness (QED) is 0.521. The molecule has 0 aliphatic carbocycles. The first-order valence-electron chi connectivity index (χ1n) is 7.89. The van der Waals surface area contributed by atoms with Gasteiger partial charge in [0.25, 0.3) is 0 Å². The molecular weight excluding hydrogens is 240 g/mol. The first kappa shape index (κ1) is 20.8. The molecule has 2 aromatic carbocycles. The molecule has 0 fully saturated rings. The van der Waals surface area contributed by atoms with E-state index in [0.29, 0.717) is 0 Å². The average Bonchev–Trinajstić information content (AvgIpc) is 2.55. The average molecular weight is 272 g/mol. The Balaban J connectivity index is 0. The zero-order valence-corrected chi connectivity index (χ0v) is 14.6. The smallest absolute Gasteiger partial charge is 0.0184 e. The van der Waals surface area contributed by atoms with E-state index in [0.717, 1.165) is 0 Å². The Morgan fingerprint density at radius 2 is 0.600 bits per heavy atom. The van der Waals surface area contributed by atoms with Crippen molar-refractivity contribution < 1.29 is 0 Å². The molecule has 0 bridgehead atoms. The third-order valence-electron chi connectivity index (χ3n) is 2.44. The highest BCUT2D eigenvalue weighted by Crippen LogP contribution is 2.19. The number of aryl methyl sites for hydroxylation is 2. The van der Waals surface area contributed by atoms with Gasteiger partial charge in [-0.2, -0.15) is 0 Å². The van der Waals surface area contributed by atoms with Gasteiger partial charge in [0.05, 0.1) is 0 Å². The van der Waals surface area contributed by atoms with Crippen LogP contribution in [0, 0.1) is 13.8 Å². The Morgan fingerprint density at radius 3 is 0.800 bits per heavy atom. The lowest BCUT2D eigenvalue weighted by atomic mass is 10.0.